The molecule has 0 radical (unpaired) electrons. The van der Waals surface area contributed by atoms with E-state index < -0.39 is 0 Å². The van der Waals surface area contributed by atoms with Crippen molar-refractivity contribution >= 4 is 0 Å². The van der Waals surface area contributed by atoms with E-state index in [-0.39, 0.29) is 0 Å². The Hall–Kier alpha value is -0.120. The molecule has 0 fully saturated rings. The van der Waals surface area contributed by atoms with Gasteiger partial charge in [-0.25, -0.2) is 0 Å². The molecule has 0 rings (SSSR count). The Morgan fingerprint density at radius 1 is 1.29 bits per heavy atom. The predicted octanol–water partition coefficient (Wildman–Crippen LogP) is 1.47. The summed E-state index contributed by atoms with van der Waals surface area (Å²) in [6.45, 7) is 8.34. The van der Waals surface area contributed by atoms with E-state index in [1.807, 2.05) is 0 Å². The molecule has 0 aromatic carbocycles. The Bertz CT molecular complexity index is 120. The molecule has 0 spiro atoms. The largest absolute Gasteiger partial charge is 0.383 e. The van der Waals surface area contributed by atoms with E-state index >= 15 is 0 Å². The summed E-state index contributed by atoms with van der Waals surface area (Å²) in [7, 11) is 1.76. The summed E-state index contributed by atoms with van der Waals surface area (Å²) in [4.78, 5) is 2.46. The van der Waals surface area contributed by atoms with Crippen LogP contribution in [0.15, 0.2) is 0 Å². The van der Waals surface area contributed by atoms with E-state index in [0.29, 0.717) is 6.04 Å². The summed E-state index contributed by atoms with van der Waals surface area (Å²) in [5.74, 6) is 0. The monoisotopic (exact) mass is 202 g/mol. The molecule has 0 aliphatic carbocycles. The fourth-order valence-electron chi connectivity index (χ4n) is 1.67. The first-order valence-electron chi connectivity index (χ1n) is 5.69. The van der Waals surface area contributed by atoms with Crippen molar-refractivity contribution in [3.63, 3.8) is 0 Å². The maximum Gasteiger partial charge on any atom is 0.0615 e. The van der Waals surface area contributed by atoms with Crippen LogP contribution in [0.4, 0.5) is 0 Å². The molecule has 0 aliphatic heterocycles. The highest BCUT2D eigenvalue weighted by Crippen LogP contribution is 2.03. The molecular formula is C11H26N2O. The molecule has 14 heavy (non-hydrogen) atoms. The number of nitrogens with two attached hydrogens (primary N) is 1. The van der Waals surface area contributed by atoms with Crippen LogP contribution >= 0.6 is 0 Å². The molecule has 3 heteroatoms. The normalized spacial score (nSPS) is 13.5. The molecule has 1 unspecified atom stereocenters. The zero-order valence-corrected chi connectivity index (χ0v) is 9.96. The molecule has 3 nitrogen and oxygen atoms in total. The van der Waals surface area contributed by atoms with E-state index in [0.717, 1.165) is 26.1 Å². The molecule has 0 aromatic rings. The lowest BCUT2D eigenvalue weighted by atomic mass is 10.2. The van der Waals surface area contributed by atoms with Crippen LogP contribution in [0, 0.1) is 0 Å². The molecule has 0 bridgehead atoms. The van der Waals surface area contributed by atoms with E-state index in [1.54, 1.807) is 7.11 Å². The number of ether oxygens (including phenoxy) is 1. The van der Waals surface area contributed by atoms with Gasteiger partial charge in [0.25, 0.3) is 0 Å². The van der Waals surface area contributed by atoms with E-state index in [4.69, 9.17) is 10.5 Å². The number of likely N-dealkylation sites (N-methyl/N-ethyl adjacent to an activating group) is 1. The van der Waals surface area contributed by atoms with Crippen LogP contribution in [0.1, 0.15) is 33.1 Å². The molecule has 2 N–H and O–H groups in total. The highest BCUT2D eigenvalue weighted by Gasteiger charge is 2.10. The first-order valence-corrected chi connectivity index (χ1v) is 5.69. The van der Waals surface area contributed by atoms with Gasteiger partial charge in [0.1, 0.15) is 0 Å². The molecule has 0 heterocycles. The lowest BCUT2D eigenvalue weighted by Crippen LogP contribution is -2.36. The van der Waals surface area contributed by atoms with Crippen LogP contribution in [0.25, 0.3) is 0 Å². The highest BCUT2D eigenvalue weighted by molar-refractivity contribution is 4.65. The lowest BCUT2D eigenvalue weighted by molar-refractivity contribution is 0.101. The average molecular weight is 202 g/mol. The van der Waals surface area contributed by atoms with Crippen molar-refractivity contribution in [2.24, 2.45) is 5.73 Å². The number of rotatable bonds is 9. The summed E-state index contributed by atoms with van der Waals surface area (Å²) in [6, 6.07) is 0.530. The van der Waals surface area contributed by atoms with Crippen LogP contribution in [-0.2, 0) is 4.74 Å². The predicted molar refractivity (Wildman–Crippen MR) is 61.5 cm³/mol. The number of unbranched alkanes of at least 4 members (excludes halogenated alkanes) is 2. The summed E-state index contributed by atoms with van der Waals surface area (Å²) in [6.07, 6.45) is 3.64. The van der Waals surface area contributed by atoms with Crippen molar-refractivity contribution in [1.29, 1.82) is 0 Å². The van der Waals surface area contributed by atoms with Gasteiger partial charge in [0, 0.05) is 13.2 Å². The van der Waals surface area contributed by atoms with Crippen molar-refractivity contribution < 1.29 is 4.74 Å². The van der Waals surface area contributed by atoms with E-state index in [1.165, 1.54) is 19.4 Å². The smallest absolute Gasteiger partial charge is 0.0615 e. The zero-order chi connectivity index (χ0) is 10.8. The number of nitrogens with zero attached hydrogens (tertiary/aromatic N) is 1. The second kappa shape index (κ2) is 9.44. The zero-order valence-electron chi connectivity index (χ0n) is 9.96. The second-order valence-corrected chi connectivity index (χ2v) is 3.78. The topological polar surface area (TPSA) is 38.5 Å². The maximum absolute atomic E-state index is 5.45. The third kappa shape index (κ3) is 6.35. The molecule has 0 amide bonds. The van der Waals surface area contributed by atoms with Crippen molar-refractivity contribution in [1.82, 2.24) is 4.90 Å². The van der Waals surface area contributed by atoms with Crippen LogP contribution < -0.4 is 5.73 Å². The summed E-state index contributed by atoms with van der Waals surface area (Å²) in [5, 5.41) is 0. The van der Waals surface area contributed by atoms with E-state index in [9.17, 15) is 0 Å². The summed E-state index contributed by atoms with van der Waals surface area (Å²) >= 11 is 0. The number of methoxy groups -OCH3 is 1. The molecule has 86 valence electrons. The van der Waals surface area contributed by atoms with Crippen molar-refractivity contribution in [3.05, 3.63) is 0 Å². The van der Waals surface area contributed by atoms with Crippen molar-refractivity contribution in [2.45, 2.75) is 39.2 Å². The van der Waals surface area contributed by atoms with Crippen molar-refractivity contribution in [3.8, 4) is 0 Å². The van der Waals surface area contributed by atoms with Gasteiger partial charge in [0.05, 0.1) is 6.61 Å². The minimum absolute atomic E-state index is 0.530. The molecule has 0 saturated carbocycles. The quantitative estimate of drug-likeness (QED) is 0.575. The molecule has 0 aromatic heterocycles. The van der Waals surface area contributed by atoms with E-state index in [2.05, 4.69) is 18.7 Å². The Kier molecular flexibility index (Phi) is 9.35. The molecule has 0 saturated heterocycles. The number of hydrogen-bond acceptors (Lipinski definition) is 3. The Balaban J connectivity index is 3.56. The Morgan fingerprint density at radius 2 is 2.00 bits per heavy atom. The van der Waals surface area contributed by atoms with Gasteiger partial charge in [-0.1, -0.05) is 13.3 Å². The average Bonchev–Trinajstić information content (AvgIpc) is 2.18. The van der Waals surface area contributed by atoms with Gasteiger partial charge in [-0.15, -0.1) is 0 Å². The standard InChI is InChI=1S/C11H26N2O/c1-4-13(11(2)10-14-3)9-7-5-6-8-12/h11H,4-10,12H2,1-3H3. The van der Waals surface area contributed by atoms with Gasteiger partial charge < -0.3 is 10.5 Å². The minimum atomic E-state index is 0.530. The summed E-state index contributed by atoms with van der Waals surface area (Å²) < 4.78 is 5.15. The van der Waals surface area contributed by atoms with Gasteiger partial charge in [-0.2, -0.15) is 0 Å². The third-order valence-corrected chi connectivity index (χ3v) is 2.59. The first-order chi connectivity index (χ1) is 6.76. The molecular weight excluding hydrogens is 176 g/mol. The minimum Gasteiger partial charge on any atom is -0.383 e. The van der Waals surface area contributed by atoms with Gasteiger partial charge in [-0.3, -0.25) is 4.90 Å². The Labute approximate surface area is 88.6 Å². The van der Waals surface area contributed by atoms with Gasteiger partial charge in [0.2, 0.25) is 0 Å². The lowest BCUT2D eigenvalue weighted by Gasteiger charge is -2.27. The SMILES string of the molecule is CCN(CCCCCN)C(C)COC. The molecule has 0 aliphatic rings. The van der Waals surface area contributed by atoms with Crippen molar-refractivity contribution in [2.75, 3.05) is 33.4 Å². The fraction of sp³-hybridized carbons (Fsp3) is 1.00. The highest BCUT2D eigenvalue weighted by atomic mass is 16.5. The first kappa shape index (κ1) is 13.9. The second-order valence-electron chi connectivity index (χ2n) is 3.78. The summed E-state index contributed by atoms with van der Waals surface area (Å²) in [5.41, 5.74) is 5.45. The van der Waals surface area contributed by atoms with Crippen LogP contribution in [0.5, 0.6) is 0 Å². The fourth-order valence-corrected chi connectivity index (χ4v) is 1.67. The maximum atomic E-state index is 5.45. The number of hydrogen-bond donors (Lipinski definition) is 1. The van der Waals surface area contributed by atoms with Gasteiger partial charge in [-0.05, 0) is 39.4 Å². The van der Waals surface area contributed by atoms with Gasteiger partial charge in [0.15, 0.2) is 0 Å². The van der Waals surface area contributed by atoms with Crippen LogP contribution in [0.2, 0.25) is 0 Å². The van der Waals surface area contributed by atoms with Gasteiger partial charge >= 0.3 is 0 Å². The Morgan fingerprint density at radius 3 is 2.50 bits per heavy atom. The third-order valence-electron chi connectivity index (χ3n) is 2.59. The molecule has 1 atom stereocenters. The van der Waals surface area contributed by atoms with Crippen LogP contribution in [-0.4, -0.2) is 44.3 Å². The van der Waals surface area contributed by atoms with Crippen LogP contribution in [0.3, 0.4) is 0 Å².